The van der Waals surface area contributed by atoms with Crippen molar-refractivity contribution in [2.45, 2.75) is 20.3 Å². The van der Waals surface area contributed by atoms with Gasteiger partial charge in [-0.15, -0.1) is 0 Å². The van der Waals surface area contributed by atoms with Gasteiger partial charge in [-0.25, -0.2) is 8.78 Å². The normalized spacial score (nSPS) is 18.4. The van der Waals surface area contributed by atoms with E-state index in [1.54, 1.807) is 0 Å². The van der Waals surface area contributed by atoms with Gasteiger partial charge in [0.05, 0.1) is 5.57 Å². The predicted molar refractivity (Wildman–Crippen MR) is 42.5 cm³/mol. The van der Waals surface area contributed by atoms with Crippen LogP contribution in [0.15, 0.2) is 22.8 Å². The zero-order valence-corrected chi connectivity index (χ0v) is 7.23. The van der Waals surface area contributed by atoms with Crippen molar-refractivity contribution in [3.8, 4) is 0 Å². The highest BCUT2D eigenvalue weighted by molar-refractivity contribution is 6.22. The molecular formula is C9H8F2O2. The molecule has 0 aromatic heterocycles. The molecule has 0 atom stereocenters. The third-order valence-electron chi connectivity index (χ3n) is 2.06. The summed E-state index contributed by atoms with van der Waals surface area (Å²) in [6.07, 6.45) is -2.16. The number of Topliss-reactive ketones (excluding diaryl/α,β-unsaturated/α-hetero) is 1. The van der Waals surface area contributed by atoms with E-state index in [1.807, 2.05) is 0 Å². The van der Waals surface area contributed by atoms with Crippen molar-refractivity contribution in [2.24, 2.45) is 0 Å². The summed E-state index contributed by atoms with van der Waals surface area (Å²) in [7, 11) is 0. The maximum Gasteiger partial charge on any atom is 0.267 e. The first kappa shape index (κ1) is 9.77. The number of hydrogen-bond donors (Lipinski definition) is 0. The Morgan fingerprint density at radius 2 is 1.69 bits per heavy atom. The number of carbonyl (C=O) groups excluding carboxylic acids is 2. The lowest BCUT2D eigenvalue weighted by Crippen LogP contribution is -2.20. The summed E-state index contributed by atoms with van der Waals surface area (Å²) in [6.45, 7) is 2.83. The summed E-state index contributed by atoms with van der Waals surface area (Å²) in [6, 6.07) is 0. The van der Waals surface area contributed by atoms with Gasteiger partial charge < -0.3 is 0 Å². The molecule has 0 heterocycles. The molecule has 0 fully saturated rings. The van der Waals surface area contributed by atoms with E-state index in [-0.39, 0.29) is 11.1 Å². The number of rotatable bonds is 1. The third-order valence-corrected chi connectivity index (χ3v) is 2.06. The van der Waals surface area contributed by atoms with Crippen molar-refractivity contribution in [1.82, 2.24) is 0 Å². The summed E-state index contributed by atoms with van der Waals surface area (Å²) in [5.41, 5.74) is -0.342. The number of hydrogen-bond acceptors (Lipinski definition) is 2. The molecule has 1 aliphatic rings. The number of halogens is 2. The van der Waals surface area contributed by atoms with Crippen molar-refractivity contribution in [2.75, 3.05) is 0 Å². The second-order valence-corrected chi connectivity index (χ2v) is 2.84. The molecule has 70 valence electrons. The van der Waals surface area contributed by atoms with Gasteiger partial charge >= 0.3 is 0 Å². The fraction of sp³-hybridized carbons (Fsp3) is 0.333. The lowest BCUT2D eigenvalue weighted by atomic mass is 9.92. The van der Waals surface area contributed by atoms with Crippen LogP contribution in [0.5, 0.6) is 0 Å². The molecule has 0 radical (unpaired) electrons. The summed E-state index contributed by atoms with van der Waals surface area (Å²) in [4.78, 5) is 22.2. The fourth-order valence-electron chi connectivity index (χ4n) is 1.05. The van der Waals surface area contributed by atoms with Crippen molar-refractivity contribution in [1.29, 1.82) is 0 Å². The van der Waals surface area contributed by atoms with E-state index >= 15 is 0 Å². The van der Waals surface area contributed by atoms with Crippen LogP contribution in [0, 0.1) is 0 Å². The van der Waals surface area contributed by atoms with Crippen molar-refractivity contribution in [3.63, 3.8) is 0 Å². The van der Waals surface area contributed by atoms with Crippen LogP contribution in [-0.4, -0.2) is 18.0 Å². The second-order valence-electron chi connectivity index (χ2n) is 2.84. The Bertz CT molecular complexity index is 338. The van der Waals surface area contributed by atoms with Gasteiger partial charge in [-0.1, -0.05) is 0 Å². The molecule has 0 saturated carbocycles. The van der Waals surface area contributed by atoms with E-state index in [0.29, 0.717) is 0 Å². The first-order valence-electron chi connectivity index (χ1n) is 3.71. The molecule has 0 saturated heterocycles. The highest BCUT2D eigenvalue weighted by Crippen LogP contribution is 2.22. The van der Waals surface area contributed by atoms with Gasteiger partial charge in [0.15, 0.2) is 11.6 Å². The monoisotopic (exact) mass is 186 g/mol. The molecule has 0 bridgehead atoms. The summed E-state index contributed by atoms with van der Waals surface area (Å²) >= 11 is 0. The zero-order valence-electron chi connectivity index (χ0n) is 7.23. The number of carbonyl (C=O) groups is 2. The number of ketones is 2. The topological polar surface area (TPSA) is 34.1 Å². The van der Waals surface area contributed by atoms with Gasteiger partial charge in [0.1, 0.15) is 0 Å². The fourth-order valence-corrected chi connectivity index (χ4v) is 1.05. The Kier molecular flexibility index (Phi) is 2.40. The van der Waals surface area contributed by atoms with Crippen LogP contribution >= 0.6 is 0 Å². The van der Waals surface area contributed by atoms with Crippen LogP contribution in [-0.2, 0) is 9.59 Å². The van der Waals surface area contributed by atoms with Crippen molar-refractivity contribution >= 4 is 11.6 Å². The summed E-state index contributed by atoms with van der Waals surface area (Å²) in [5, 5.41) is 0. The van der Waals surface area contributed by atoms with E-state index < -0.39 is 23.6 Å². The highest BCUT2D eigenvalue weighted by Gasteiger charge is 2.28. The first-order chi connectivity index (χ1) is 5.95. The second kappa shape index (κ2) is 3.20. The SMILES string of the molecule is CC1=C(C)C(=O)C(C(F)F)=CC1=O. The Morgan fingerprint density at radius 3 is 2.15 bits per heavy atom. The van der Waals surface area contributed by atoms with Gasteiger partial charge in [0.25, 0.3) is 6.43 Å². The average molecular weight is 186 g/mol. The molecule has 0 spiro atoms. The summed E-state index contributed by atoms with van der Waals surface area (Å²) in [5.74, 6) is -1.24. The maximum absolute atomic E-state index is 12.2. The smallest absolute Gasteiger partial charge is 0.267 e. The van der Waals surface area contributed by atoms with Crippen molar-refractivity contribution in [3.05, 3.63) is 22.8 Å². The van der Waals surface area contributed by atoms with Crippen LogP contribution < -0.4 is 0 Å². The molecule has 0 amide bonds. The van der Waals surface area contributed by atoms with Crippen molar-refractivity contribution < 1.29 is 18.4 Å². The van der Waals surface area contributed by atoms with E-state index in [9.17, 15) is 18.4 Å². The minimum Gasteiger partial charge on any atom is -0.290 e. The van der Waals surface area contributed by atoms with Crippen LogP contribution in [0.4, 0.5) is 8.78 Å². The van der Waals surface area contributed by atoms with Gasteiger partial charge in [0, 0.05) is 11.1 Å². The Labute approximate surface area is 73.9 Å². The molecule has 4 heteroatoms. The molecule has 0 aromatic rings. The minimum atomic E-state index is -2.88. The van der Waals surface area contributed by atoms with Crippen LogP contribution in [0.3, 0.4) is 0 Å². The van der Waals surface area contributed by atoms with E-state index in [2.05, 4.69) is 0 Å². The minimum absolute atomic E-state index is 0.114. The van der Waals surface area contributed by atoms with Gasteiger partial charge in [0.2, 0.25) is 0 Å². The molecule has 0 aromatic carbocycles. The molecule has 13 heavy (non-hydrogen) atoms. The Morgan fingerprint density at radius 1 is 1.15 bits per heavy atom. The summed E-state index contributed by atoms with van der Waals surface area (Å²) < 4.78 is 24.4. The van der Waals surface area contributed by atoms with Gasteiger partial charge in [-0.3, -0.25) is 9.59 Å². The van der Waals surface area contributed by atoms with Gasteiger partial charge in [-0.05, 0) is 19.9 Å². The van der Waals surface area contributed by atoms with Crippen LogP contribution in [0.25, 0.3) is 0 Å². The van der Waals surface area contributed by atoms with Crippen LogP contribution in [0.1, 0.15) is 13.8 Å². The molecule has 0 aliphatic heterocycles. The number of allylic oxidation sites excluding steroid dienone is 4. The lowest BCUT2D eigenvalue weighted by Gasteiger charge is -2.12. The molecule has 0 N–H and O–H groups in total. The highest BCUT2D eigenvalue weighted by atomic mass is 19.3. The molecular weight excluding hydrogens is 178 g/mol. The van der Waals surface area contributed by atoms with Crippen LogP contribution in [0.2, 0.25) is 0 Å². The van der Waals surface area contributed by atoms with E-state index in [1.165, 1.54) is 13.8 Å². The first-order valence-corrected chi connectivity index (χ1v) is 3.71. The molecule has 2 nitrogen and oxygen atoms in total. The largest absolute Gasteiger partial charge is 0.290 e. The lowest BCUT2D eigenvalue weighted by molar-refractivity contribution is -0.116. The predicted octanol–water partition coefficient (Wildman–Crippen LogP) is 1.67. The third kappa shape index (κ3) is 1.56. The maximum atomic E-state index is 12.2. The molecule has 1 aliphatic carbocycles. The molecule has 1 rings (SSSR count). The van der Waals surface area contributed by atoms with E-state index in [4.69, 9.17) is 0 Å². The Balaban J connectivity index is 3.15. The average Bonchev–Trinajstić information content (AvgIpc) is 2.07. The van der Waals surface area contributed by atoms with E-state index in [0.717, 1.165) is 6.08 Å². The standard InChI is InChI=1S/C9H8F2O2/c1-4-5(2)8(13)6(9(10)11)3-7(4)12/h3,9H,1-2H3. The van der Waals surface area contributed by atoms with Gasteiger partial charge in [-0.2, -0.15) is 0 Å². The molecule has 0 unspecified atom stereocenters. The number of alkyl halides is 2. The quantitative estimate of drug-likeness (QED) is 0.583. The Hall–Kier alpha value is -1.32. The zero-order chi connectivity index (χ0) is 10.2.